The van der Waals surface area contributed by atoms with E-state index < -0.39 is 0 Å². The lowest BCUT2D eigenvalue weighted by Crippen LogP contribution is -2.42. The Morgan fingerprint density at radius 3 is 2.92 bits per heavy atom. The van der Waals surface area contributed by atoms with Crippen LogP contribution in [0, 0.1) is 18.8 Å². The number of aromatic amines is 1. The monoisotopic (exact) mass is 357 g/mol. The standard InChI is InChI=1S/C19H27N5O2/c1-13(2)9-16-12-24(22-21-16)11-15-5-4-8-23(10-15)19(26)17-7-6-14(3)20-18(17)25/h6-7,12-13,15H,4-5,8-11H2,1-3H3,(H,20,25). The number of rotatable bonds is 5. The molecule has 2 aromatic rings. The number of hydrogen-bond acceptors (Lipinski definition) is 4. The molecule has 3 heterocycles. The fourth-order valence-electron chi connectivity index (χ4n) is 3.51. The molecule has 3 rings (SSSR count). The normalized spacial score (nSPS) is 17.7. The molecule has 0 bridgehead atoms. The molecular formula is C19H27N5O2. The maximum Gasteiger partial charge on any atom is 0.260 e. The summed E-state index contributed by atoms with van der Waals surface area (Å²) in [5.41, 5.74) is 1.67. The molecule has 1 fully saturated rings. The van der Waals surface area contributed by atoms with Crippen LogP contribution in [0.1, 0.15) is 48.4 Å². The Balaban J connectivity index is 1.64. The second kappa shape index (κ2) is 7.85. The summed E-state index contributed by atoms with van der Waals surface area (Å²) >= 11 is 0. The Morgan fingerprint density at radius 1 is 1.38 bits per heavy atom. The second-order valence-corrected chi connectivity index (χ2v) is 7.67. The molecule has 7 heteroatoms. The highest BCUT2D eigenvalue weighted by Crippen LogP contribution is 2.19. The van der Waals surface area contributed by atoms with Crippen molar-refractivity contribution in [3.63, 3.8) is 0 Å². The first kappa shape index (κ1) is 18.4. The summed E-state index contributed by atoms with van der Waals surface area (Å²) in [6, 6.07) is 3.39. The van der Waals surface area contributed by atoms with Gasteiger partial charge in [0.05, 0.1) is 5.69 Å². The van der Waals surface area contributed by atoms with E-state index in [2.05, 4.69) is 29.1 Å². The lowest BCUT2D eigenvalue weighted by atomic mass is 9.97. The first-order valence-electron chi connectivity index (χ1n) is 9.30. The molecule has 1 aliphatic rings. The predicted molar refractivity (Wildman–Crippen MR) is 99.0 cm³/mol. The van der Waals surface area contributed by atoms with Gasteiger partial charge in [0.25, 0.3) is 11.5 Å². The van der Waals surface area contributed by atoms with E-state index in [4.69, 9.17) is 0 Å². The van der Waals surface area contributed by atoms with Gasteiger partial charge in [0.2, 0.25) is 0 Å². The van der Waals surface area contributed by atoms with E-state index in [0.717, 1.165) is 37.2 Å². The Hall–Kier alpha value is -2.44. The van der Waals surface area contributed by atoms with Crippen LogP contribution in [0.2, 0.25) is 0 Å². The molecule has 0 radical (unpaired) electrons. The smallest absolute Gasteiger partial charge is 0.260 e. The third-order valence-electron chi connectivity index (χ3n) is 4.74. The van der Waals surface area contributed by atoms with Crippen LogP contribution in [-0.4, -0.2) is 43.9 Å². The van der Waals surface area contributed by atoms with E-state index in [1.54, 1.807) is 24.0 Å². The number of carbonyl (C=O) groups excluding carboxylic acids is 1. The average molecular weight is 357 g/mol. The van der Waals surface area contributed by atoms with Crippen LogP contribution in [0.4, 0.5) is 0 Å². The van der Waals surface area contributed by atoms with Gasteiger partial charge in [-0.25, -0.2) is 0 Å². The van der Waals surface area contributed by atoms with Gasteiger partial charge in [0, 0.05) is 31.5 Å². The van der Waals surface area contributed by atoms with E-state index in [1.165, 1.54) is 0 Å². The number of pyridine rings is 1. The Labute approximate surface area is 153 Å². The Kier molecular flexibility index (Phi) is 5.54. The van der Waals surface area contributed by atoms with E-state index in [-0.39, 0.29) is 17.0 Å². The van der Waals surface area contributed by atoms with Crippen LogP contribution in [-0.2, 0) is 13.0 Å². The summed E-state index contributed by atoms with van der Waals surface area (Å²) in [4.78, 5) is 29.3. The zero-order chi connectivity index (χ0) is 18.7. The Morgan fingerprint density at radius 2 is 2.19 bits per heavy atom. The van der Waals surface area contributed by atoms with Crippen LogP contribution in [0.25, 0.3) is 0 Å². The van der Waals surface area contributed by atoms with E-state index in [0.29, 0.717) is 24.9 Å². The quantitative estimate of drug-likeness (QED) is 0.887. The lowest BCUT2D eigenvalue weighted by molar-refractivity contribution is 0.0657. The maximum atomic E-state index is 12.7. The summed E-state index contributed by atoms with van der Waals surface area (Å²) in [5.74, 6) is 0.691. The SMILES string of the molecule is Cc1ccc(C(=O)N2CCCC(Cn3cc(CC(C)C)nn3)C2)c(=O)[nH]1. The number of hydrogen-bond donors (Lipinski definition) is 1. The van der Waals surface area contributed by atoms with Crippen molar-refractivity contribution in [1.29, 1.82) is 0 Å². The molecule has 0 saturated carbocycles. The molecule has 7 nitrogen and oxygen atoms in total. The van der Waals surface area contributed by atoms with Crippen molar-refractivity contribution in [2.24, 2.45) is 11.8 Å². The molecule has 1 saturated heterocycles. The number of nitrogens with one attached hydrogen (secondary N) is 1. The van der Waals surface area contributed by atoms with Gasteiger partial charge in [-0.2, -0.15) is 0 Å². The third-order valence-corrected chi connectivity index (χ3v) is 4.74. The van der Waals surface area contributed by atoms with Crippen LogP contribution in [0.3, 0.4) is 0 Å². The molecule has 1 amide bonds. The molecule has 1 aliphatic heterocycles. The molecule has 0 aliphatic carbocycles. The fraction of sp³-hybridized carbons (Fsp3) is 0.579. The van der Waals surface area contributed by atoms with E-state index in [1.807, 2.05) is 10.9 Å². The average Bonchev–Trinajstić information content (AvgIpc) is 3.00. The molecule has 2 aromatic heterocycles. The van der Waals surface area contributed by atoms with Gasteiger partial charge in [-0.1, -0.05) is 19.1 Å². The van der Waals surface area contributed by atoms with Gasteiger partial charge in [0.1, 0.15) is 5.56 Å². The van der Waals surface area contributed by atoms with Crippen LogP contribution >= 0.6 is 0 Å². The molecule has 0 spiro atoms. The summed E-state index contributed by atoms with van der Waals surface area (Å²) in [5, 5.41) is 8.45. The molecule has 1 N–H and O–H groups in total. The number of carbonyl (C=O) groups is 1. The van der Waals surface area contributed by atoms with Gasteiger partial charge in [0.15, 0.2) is 0 Å². The fourth-order valence-corrected chi connectivity index (χ4v) is 3.51. The first-order valence-corrected chi connectivity index (χ1v) is 9.30. The van der Waals surface area contributed by atoms with Gasteiger partial charge in [-0.3, -0.25) is 14.3 Å². The molecule has 0 aromatic carbocycles. The van der Waals surface area contributed by atoms with Crippen LogP contribution < -0.4 is 5.56 Å². The van der Waals surface area contributed by atoms with Gasteiger partial charge in [-0.15, -0.1) is 5.10 Å². The minimum Gasteiger partial charge on any atom is -0.338 e. The maximum absolute atomic E-state index is 12.7. The van der Waals surface area contributed by atoms with Crippen molar-refractivity contribution in [3.05, 3.63) is 45.6 Å². The van der Waals surface area contributed by atoms with Gasteiger partial charge >= 0.3 is 0 Å². The molecule has 1 atom stereocenters. The van der Waals surface area contributed by atoms with Gasteiger partial charge in [-0.05, 0) is 50.2 Å². The third kappa shape index (κ3) is 4.39. The van der Waals surface area contributed by atoms with Crippen molar-refractivity contribution in [2.45, 2.75) is 46.6 Å². The number of amides is 1. The minimum absolute atomic E-state index is 0.185. The zero-order valence-corrected chi connectivity index (χ0v) is 15.7. The number of nitrogens with zero attached hydrogens (tertiary/aromatic N) is 4. The van der Waals surface area contributed by atoms with Crippen molar-refractivity contribution >= 4 is 5.91 Å². The minimum atomic E-state index is -0.313. The van der Waals surface area contributed by atoms with Crippen molar-refractivity contribution in [3.8, 4) is 0 Å². The highest BCUT2D eigenvalue weighted by Gasteiger charge is 2.26. The largest absolute Gasteiger partial charge is 0.338 e. The molecular weight excluding hydrogens is 330 g/mol. The second-order valence-electron chi connectivity index (χ2n) is 7.67. The number of aryl methyl sites for hydroxylation is 1. The summed E-state index contributed by atoms with van der Waals surface area (Å²) < 4.78 is 1.88. The molecule has 1 unspecified atom stereocenters. The number of piperidine rings is 1. The summed E-state index contributed by atoms with van der Waals surface area (Å²) in [7, 11) is 0. The number of aromatic nitrogens is 4. The number of H-pyrrole nitrogens is 1. The summed E-state index contributed by atoms with van der Waals surface area (Å²) in [6.45, 7) is 8.22. The summed E-state index contributed by atoms with van der Waals surface area (Å²) in [6.07, 6.45) is 4.91. The van der Waals surface area contributed by atoms with Crippen molar-refractivity contribution < 1.29 is 4.79 Å². The van der Waals surface area contributed by atoms with Crippen LogP contribution in [0.15, 0.2) is 23.1 Å². The first-order chi connectivity index (χ1) is 12.4. The van der Waals surface area contributed by atoms with Crippen LogP contribution in [0.5, 0.6) is 0 Å². The van der Waals surface area contributed by atoms with Crippen molar-refractivity contribution in [1.82, 2.24) is 24.9 Å². The van der Waals surface area contributed by atoms with E-state index in [9.17, 15) is 9.59 Å². The van der Waals surface area contributed by atoms with E-state index >= 15 is 0 Å². The van der Waals surface area contributed by atoms with Gasteiger partial charge < -0.3 is 9.88 Å². The lowest BCUT2D eigenvalue weighted by Gasteiger charge is -2.32. The van der Waals surface area contributed by atoms with Crippen molar-refractivity contribution in [2.75, 3.05) is 13.1 Å². The topological polar surface area (TPSA) is 83.9 Å². The Bertz CT molecular complexity index is 823. The predicted octanol–water partition coefficient (Wildman–Crippen LogP) is 2.03. The molecule has 26 heavy (non-hydrogen) atoms. The zero-order valence-electron chi connectivity index (χ0n) is 15.7. The molecule has 140 valence electrons. The number of likely N-dealkylation sites (tertiary alicyclic amines) is 1. The highest BCUT2D eigenvalue weighted by molar-refractivity contribution is 5.93. The highest BCUT2D eigenvalue weighted by atomic mass is 16.2.